The van der Waals surface area contributed by atoms with E-state index in [0.717, 1.165) is 5.69 Å². The van der Waals surface area contributed by atoms with Gasteiger partial charge < -0.3 is 10.6 Å². The normalized spacial score (nSPS) is 18.6. The maximum absolute atomic E-state index is 12.1. The van der Waals surface area contributed by atoms with Gasteiger partial charge in [0, 0.05) is 11.7 Å². The highest BCUT2D eigenvalue weighted by atomic mass is 16.2. The quantitative estimate of drug-likeness (QED) is 0.815. The molecule has 0 spiro atoms. The summed E-state index contributed by atoms with van der Waals surface area (Å²) in [4.78, 5) is 12.1. The van der Waals surface area contributed by atoms with Gasteiger partial charge in [-0.1, -0.05) is 43.9 Å². The SMILES string of the molecule is CC(NC1CCCCCC1)C(=O)Nc1ccccc1. The van der Waals surface area contributed by atoms with Crippen molar-refractivity contribution in [3.63, 3.8) is 0 Å². The second kappa shape index (κ2) is 7.29. The topological polar surface area (TPSA) is 41.1 Å². The first-order valence-electron chi connectivity index (χ1n) is 7.37. The number of carbonyl (C=O) groups is 1. The Morgan fingerprint density at radius 3 is 2.37 bits per heavy atom. The number of amides is 1. The molecule has 19 heavy (non-hydrogen) atoms. The lowest BCUT2D eigenvalue weighted by atomic mass is 10.1. The fourth-order valence-corrected chi connectivity index (χ4v) is 2.65. The van der Waals surface area contributed by atoms with E-state index in [1.165, 1.54) is 38.5 Å². The molecule has 0 radical (unpaired) electrons. The smallest absolute Gasteiger partial charge is 0.241 e. The molecule has 1 fully saturated rings. The van der Waals surface area contributed by atoms with Crippen LogP contribution in [0, 0.1) is 0 Å². The zero-order chi connectivity index (χ0) is 13.5. The van der Waals surface area contributed by atoms with Crippen molar-refractivity contribution in [2.75, 3.05) is 5.32 Å². The molecule has 2 rings (SSSR count). The van der Waals surface area contributed by atoms with E-state index in [1.54, 1.807) is 0 Å². The van der Waals surface area contributed by atoms with Crippen molar-refractivity contribution < 1.29 is 4.79 Å². The standard InChI is InChI=1S/C16H24N2O/c1-13(17-14-9-5-2-3-6-10-14)16(19)18-15-11-7-4-8-12-15/h4,7-8,11-14,17H,2-3,5-6,9-10H2,1H3,(H,18,19). The molecule has 1 aromatic carbocycles. The molecule has 1 atom stereocenters. The van der Waals surface area contributed by atoms with Crippen LogP contribution in [-0.2, 0) is 4.79 Å². The summed E-state index contributed by atoms with van der Waals surface area (Å²) in [5.41, 5.74) is 0.863. The van der Waals surface area contributed by atoms with Crippen LogP contribution in [0.4, 0.5) is 5.69 Å². The Labute approximate surface area is 115 Å². The number of nitrogens with one attached hydrogen (secondary N) is 2. The molecule has 3 heteroatoms. The predicted octanol–water partition coefficient (Wildman–Crippen LogP) is 3.33. The van der Waals surface area contributed by atoms with Gasteiger partial charge in [0.2, 0.25) is 5.91 Å². The van der Waals surface area contributed by atoms with Crippen LogP contribution < -0.4 is 10.6 Å². The molecular weight excluding hydrogens is 236 g/mol. The molecule has 0 aromatic heterocycles. The maximum Gasteiger partial charge on any atom is 0.241 e. The van der Waals surface area contributed by atoms with E-state index >= 15 is 0 Å². The number of para-hydroxylation sites is 1. The average molecular weight is 260 g/mol. The van der Waals surface area contributed by atoms with E-state index in [9.17, 15) is 4.79 Å². The summed E-state index contributed by atoms with van der Waals surface area (Å²) >= 11 is 0. The van der Waals surface area contributed by atoms with E-state index in [2.05, 4.69) is 10.6 Å². The van der Waals surface area contributed by atoms with Crippen molar-refractivity contribution in [1.29, 1.82) is 0 Å². The van der Waals surface area contributed by atoms with Gasteiger partial charge in [-0.15, -0.1) is 0 Å². The van der Waals surface area contributed by atoms with Crippen LogP contribution in [0.5, 0.6) is 0 Å². The van der Waals surface area contributed by atoms with Gasteiger partial charge >= 0.3 is 0 Å². The Bertz CT molecular complexity index is 383. The number of anilines is 1. The summed E-state index contributed by atoms with van der Waals surface area (Å²) < 4.78 is 0. The molecule has 1 amide bonds. The third-order valence-electron chi connectivity index (χ3n) is 3.78. The number of hydrogen-bond donors (Lipinski definition) is 2. The molecule has 3 nitrogen and oxygen atoms in total. The molecule has 1 aliphatic rings. The fourth-order valence-electron chi connectivity index (χ4n) is 2.65. The largest absolute Gasteiger partial charge is 0.325 e. The predicted molar refractivity (Wildman–Crippen MR) is 79.2 cm³/mol. The first kappa shape index (κ1) is 14.1. The summed E-state index contributed by atoms with van der Waals surface area (Å²) in [5.74, 6) is 0.0513. The van der Waals surface area contributed by atoms with Crippen molar-refractivity contribution >= 4 is 11.6 Å². The molecule has 0 bridgehead atoms. The Balaban J connectivity index is 1.81. The van der Waals surface area contributed by atoms with E-state index in [0.29, 0.717) is 6.04 Å². The molecule has 0 heterocycles. The molecule has 1 aliphatic carbocycles. The lowest BCUT2D eigenvalue weighted by Crippen LogP contribution is -2.43. The second-order valence-corrected chi connectivity index (χ2v) is 5.43. The number of carbonyl (C=O) groups excluding carboxylic acids is 1. The summed E-state index contributed by atoms with van der Waals surface area (Å²) in [7, 11) is 0. The number of benzene rings is 1. The lowest BCUT2D eigenvalue weighted by Gasteiger charge is -2.21. The summed E-state index contributed by atoms with van der Waals surface area (Å²) in [6.07, 6.45) is 7.63. The summed E-state index contributed by atoms with van der Waals surface area (Å²) in [5, 5.41) is 6.41. The van der Waals surface area contributed by atoms with Crippen molar-refractivity contribution in [1.82, 2.24) is 5.32 Å². The summed E-state index contributed by atoms with van der Waals surface area (Å²) in [6, 6.07) is 10.00. The lowest BCUT2D eigenvalue weighted by molar-refractivity contribution is -0.118. The van der Waals surface area contributed by atoms with Crippen LogP contribution >= 0.6 is 0 Å². The van der Waals surface area contributed by atoms with E-state index in [1.807, 2.05) is 37.3 Å². The zero-order valence-electron chi connectivity index (χ0n) is 11.7. The van der Waals surface area contributed by atoms with Gasteiger partial charge in [0.25, 0.3) is 0 Å². The van der Waals surface area contributed by atoms with Gasteiger partial charge in [-0.05, 0) is 31.9 Å². The summed E-state index contributed by atoms with van der Waals surface area (Å²) in [6.45, 7) is 1.95. The van der Waals surface area contributed by atoms with Crippen LogP contribution in [0.1, 0.15) is 45.4 Å². The number of rotatable bonds is 4. The molecule has 1 aromatic rings. The highest BCUT2D eigenvalue weighted by Crippen LogP contribution is 2.17. The van der Waals surface area contributed by atoms with Gasteiger partial charge in [-0.25, -0.2) is 0 Å². The molecule has 0 aliphatic heterocycles. The zero-order valence-corrected chi connectivity index (χ0v) is 11.7. The molecular formula is C16H24N2O. The van der Waals surface area contributed by atoms with Gasteiger partial charge in [0.1, 0.15) is 0 Å². The van der Waals surface area contributed by atoms with Crippen LogP contribution in [0.25, 0.3) is 0 Å². The first-order valence-corrected chi connectivity index (χ1v) is 7.37. The third-order valence-corrected chi connectivity index (χ3v) is 3.78. The molecule has 1 unspecified atom stereocenters. The molecule has 1 saturated carbocycles. The van der Waals surface area contributed by atoms with Crippen LogP contribution in [0.15, 0.2) is 30.3 Å². The van der Waals surface area contributed by atoms with Gasteiger partial charge in [-0.2, -0.15) is 0 Å². The maximum atomic E-state index is 12.1. The molecule has 0 saturated heterocycles. The first-order chi connectivity index (χ1) is 9.25. The van der Waals surface area contributed by atoms with Crippen LogP contribution in [0.3, 0.4) is 0 Å². The monoisotopic (exact) mass is 260 g/mol. The van der Waals surface area contributed by atoms with Gasteiger partial charge in [0.05, 0.1) is 6.04 Å². The Hall–Kier alpha value is -1.35. The van der Waals surface area contributed by atoms with Crippen molar-refractivity contribution in [3.05, 3.63) is 30.3 Å². The Morgan fingerprint density at radius 1 is 1.11 bits per heavy atom. The molecule has 104 valence electrons. The van der Waals surface area contributed by atoms with E-state index < -0.39 is 0 Å². The number of hydrogen-bond acceptors (Lipinski definition) is 2. The van der Waals surface area contributed by atoms with Crippen molar-refractivity contribution in [2.24, 2.45) is 0 Å². The molecule has 2 N–H and O–H groups in total. The van der Waals surface area contributed by atoms with Crippen LogP contribution in [-0.4, -0.2) is 18.0 Å². The van der Waals surface area contributed by atoms with Gasteiger partial charge in [-0.3, -0.25) is 4.79 Å². The van der Waals surface area contributed by atoms with Crippen LogP contribution in [0.2, 0.25) is 0 Å². The minimum Gasteiger partial charge on any atom is -0.325 e. The third kappa shape index (κ3) is 4.67. The van der Waals surface area contributed by atoms with E-state index in [4.69, 9.17) is 0 Å². The highest BCUT2D eigenvalue weighted by molar-refractivity contribution is 5.94. The average Bonchev–Trinajstić information content (AvgIpc) is 2.68. The Morgan fingerprint density at radius 2 is 1.74 bits per heavy atom. The fraction of sp³-hybridized carbons (Fsp3) is 0.562. The van der Waals surface area contributed by atoms with Crippen molar-refractivity contribution in [2.45, 2.75) is 57.5 Å². The Kier molecular flexibility index (Phi) is 5.40. The van der Waals surface area contributed by atoms with Gasteiger partial charge in [0.15, 0.2) is 0 Å². The van der Waals surface area contributed by atoms with E-state index in [-0.39, 0.29) is 11.9 Å². The minimum atomic E-state index is -0.136. The minimum absolute atomic E-state index is 0.0513. The second-order valence-electron chi connectivity index (χ2n) is 5.43. The van der Waals surface area contributed by atoms with Crippen molar-refractivity contribution in [3.8, 4) is 0 Å². The highest BCUT2D eigenvalue weighted by Gasteiger charge is 2.18.